The molecule has 2 heterocycles. The molecule has 27 heavy (non-hydrogen) atoms. The number of hydrogen-bond donors (Lipinski definition) is 0. The molecule has 0 aromatic rings. The monoisotopic (exact) mass is 374 g/mol. The van der Waals surface area contributed by atoms with Gasteiger partial charge >= 0.3 is 0 Å². The fourth-order valence-corrected chi connectivity index (χ4v) is 9.31. The van der Waals surface area contributed by atoms with Crippen molar-refractivity contribution in [2.45, 2.75) is 105 Å². The summed E-state index contributed by atoms with van der Waals surface area (Å²) >= 11 is 0. The van der Waals surface area contributed by atoms with Crippen LogP contribution < -0.4 is 0 Å². The predicted molar refractivity (Wildman–Crippen MR) is 104 cm³/mol. The van der Waals surface area contributed by atoms with Crippen molar-refractivity contribution in [2.75, 3.05) is 0 Å². The Bertz CT molecular complexity index is 615. The van der Waals surface area contributed by atoms with Gasteiger partial charge in [-0.15, -0.1) is 0 Å². The second-order valence-electron chi connectivity index (χ2n) is 12.5. The molecule has 0 aromatic heterocycles. The van der Waals surface area contributed by atoms with Gasteiger partial charge in [-0.1, -0.05) is 41.5 Å². The molecule has 4 saturated carbocycles. The van der Waals surface area contributed by atoms with Crippen molar-refractivity contribution in [3.8, 4) is 0 Å². The Morgan fingerprint density at radius 2 is 1.07 bits per heavy atom. The van der Waals surface area contributed by atoms with Gasteiger partial charge in [-0.2, -0.15) is 0 Å². The van der Waals surface area contributed by atoms with E-state index in [1.54, 1.807) is 0 Å². The molecule has 8 unspecified atom stereocenters. The van der Waals surface area contributed by atoms with Crippen molar-refractivity contribution in [3.63, 3.8) is 0 Å². The fraction of sp³-hybridized carbons (Fsp3) is 1.00. The van der Waals surface area contributed by atoms with E-state index in [-0.39, 0.29) is 12.6 Å². The van der Waals surface area contributed by atoms with Crippen molar-refractivity contribution >= 4 is 0 Å². The minimum atomic E-state index is -0.0432. The van der Waals surface area contributed by atoms with E-state index in [1.807, 2.05) is 0 Å². The van der Waals surface area contributed by atoms with E-state index in [4.69, 9.17) is 14.2 Å². The highest BCUT2D eigenvalue weighted by Crippen LogP contribution is 2.72. The van der Waals surface area contributed by atoms with Crippen molar-refractivity contribution < 1.29 is 14.2 Å². The second-order valence-corrected chi connectivity index (χ2v) is 12.5. The molecule has 0 N–H and O–H groups in total. The van der Waals surface area contributed by atoms with E-state index in [9.17, 15) is 0 Å². The van der Waals surface area contributed by atoms with Crippen LogP contribution in [0, 0.1) is 45.3 Å². The molecule has 3 nitrogen and oxygen atoms in total. The highest BCUT2D eigenvalue weighted by molar-refractivity contribution is 5.18. The van der Waals surface area contributed by atoms with Crippen LogP contribution in [0.25, 0.3) is 0 Å². The third-order valence-electron chi connectivity index (χ3n) is 11.6. The van der Waals surface area contributed by atoms with E-state index in [0.29, 0.717) is 45.7 Å². The van der Waals surface area contributed by atoms with E-state index >= 15 is 0 Å². The van der Waals surface area contributed by atoms with Crippen LogP contribution in [0.5, 0.6) is 0 Å². The molecule has 0 radical (unpaired) electrons. The lowest BCUT2D eigenvalue weighted by molar-refractivity contribution is -0.252. The summed E-state index contributed by atoms with van der Waals surface area (Å²) in [5.41, 5.74) is 1.47. The standard InChI is InChI=1S/C24H38O3/c1-21(2)15-7-9-23(21,5)19-13(15)11-17(26-19)25-18-12-14-16-8-10-24(6,20(14)27-18)22(16,3)4/h13-20H,7-12H2,1-6H3/t13?,14?,15?,16?,17?,18?,19?,20?,23-,24-/m0/s1. The molecule has 0 spiro atoms. The van der Waals surface area contributed by atoms with E-state index in [2.05, 4.69) is 41.5 Å². The summed E-state index contributed by atoms with van der Waals surface area (Å²) in [5.74, 6) is 3.00. The average Bonchev–Trinajstić information content (AvgIpc) is 3.33. The Hall–Kier alpha value is -0.120. The minimum absolute atomic E-state index is 0.0432. The minimum Gasteiger partial charge on any atom is -0.348 e. The van der Waals surface area contributed by atoms with Crippen molar-refractivity contribution in [1.29, 1.82) is 0 Å². The zero-order valence-electron chi connectivity index (χ0n) is 18.1. The summed E-state index contributed by atoms with van der Waals surface area (Å²) in [6.07, 6.45) is 8.24. The first-order valence-electron chi connectivity index (χ1n) is 11.6. The maximum absolute atomic E-state index is 6.58. The molecule has 6 fully saturated rings. The molecule has 10 atom stereocenters. The SMILES string of the molecule is CC1(C)C2CC[C@@]1(C)C1OC(OC3CC4C5CC[C@@](C)(C4O3)C5(C)C)CC21. The maximum atomic E-state index is 6.58. The quantitative estimate of drug-likeness (QED) is 0.650. The molecular formula is C24H38O3. The van der Waals surface area contributed by atoms with Crippen LogP contribution >= 0.6 is 0 Å². The molecule has 6 rings (SSSR count). The van der Waals surface area contributed by atoms with Gasteiger partial charge in [0, 0.05) is 12.8 Å². The summed E-state index contributed by atoms with van der Waals surface area (Å²) in [4.78, 5) is 0. The number of rotatable bonds is 2. The van der Waals surface area contributed by atoms with Gasteiger partial charge in [0.2, 0.25) is 0 Å². The van der Waals surface area contributed by atoms with Crippen LogP contribution in [0.4, 0.5) is 0 Å². The smallest absolute Gasteiger partial charge is 0.161 e. The molecule has 152 valence electrons. The number of ether oxygens (including phenoxy) is 3. The topological polar surface area (TPSA) is 27.7 Å². The molecular weight excluding hydrogens is 336 g/mol. The Kier molecular flexibility index (Phi) is 3.25. The molecule has 6 aliphatic rings. The van der Waals surface area contributed by atoms with Gasteiger partial charge in [-0.25, -0.2) is 0 Å². The van der Waals surface area contributed by atoms with Crippen molar-refractivity contribution in [2.24, 2.45) is 45.3 Å². The van der Waals surface area contributed by atoms with Crippen LogP contribution in [0.15, 0.2) is 0 Å². The highest BCUT2D eigenvalue weighted by atomic mass is 16.8. The van der Waals surface area contributed by atoms with Crippen LogP contribution in [-0.2, 0) is 14.2 Å². The lowest BCUT2D eigenvalue weighted by atomic mass is 9.70. The van der Waals surface area contributed by atoms with Crippen LogP contribution in [0.1, 0.15) is 80.1 Å². The van der Waals surface area contributed by atoms with Gasteiger partial charge < -0.3 is 14.2 Å². The number of hydrogen-bond acceptors (Lipinski definition) is 3. The zero-order chi connectivity index (χ0) is 19.0. The fourth-order valence-electron chi connectivity index (χ4n) is 9.31. The molecule has 2 saturated heterocycles. The van der Waals surface area contributed by atoms with E-state index in [1.165, 1.54) is 25.7 Å². The van der Waals surface area contributed by atoms with Crippen LogP contribution in [0.2, 0.25) is 0 Å². The van der Waals surface area contributed by atoms with Gasteiger partial charge in [-0.3, -0.25) is 0 Å². The van der Waals surface area contributed by atoms with Gasteiger partial charge in [0.25, 0.3) is 0 Å². The Labute approximate surface area is 164 Å². The van der Waals surface area contributed by atoms with Crippen LogP contribution in [-0.4, -0.2) is 24.8 Å². The maximum Gasteiger partial charge on any atom is 0.161 e. The summed E-state index contributed by atoms with van der Waals surface area (Å²) in [6, 6.07) is 0. The second kappa shape index (κ2) is 4.95. The molecule has 2 aliphatic heterocycles. The van der Waals surface area contributed by atoms with Crippen molar-refractivity contribution in [1.82, 2.24) is 0 Å². The van der Waals surface area contributed by atoms with Gasteiger partial charge in [-0.05, 0) is 71.0 Å². The Balaban J connectivity index is 1.15. The lowest BCUT2D eigenvalue weighted by Gasteiger charge is -2.39. The predicted octanol–water partition coefficient (Wildman–Crippen LogP) is 5.38. The first-order valence-corrected chi connectivity index (χ1v) is 11.6. The average molecular weight is 375 g/mol. The molecule has 4 bridgehead atoms. The summed E-state index contributed by atoms with van der Waals surface area (Å²) in [6.45, 7) is 14.8. The van der Waals surface area contributed by atoms with Gasteiger partial charge in [0.05, 0.1) is 12.2 Å². The lowest BCUT2D eigenvalue weighted by Crippen LogP contribution is -2.39. The van der Waals surface area contributed by atoms with Gasteiger partial charge in [0.15, 0.2) is 12.6 Å². The zero-order valence-corrected chi connectivity index (χ0v) is 18.1. The third-order valence-corrected chi connectivity index (χ3v) is 11.6. The first kappa shape index (κ1) is 17.7. The molecule has 3 heteroatoms. The Morgan fingerprint density at radius 3 is 1.44 bits per heavy atom. The first-order chi connectivity index (χ1) is 12.6. The van der Waals surface area contributed by atoms with Gasteiger partial charge in [0.1, 0.15) is 0 Å². The molecule has 0 amide bonds. The molecule has 0 aromatic carbocycles. The summed E-state index contributed by atoms with van der Waals surface area (Å²) in [5, 5.41) is 0. The van der Waals surface area contributed by atoms with Crippen LogP contribution in [0.3, 0.4) is 0 Å². The van der Waals surface area contributed by atoms with E-state index in [0.717, 1.165) is 24.7 Å². The van der Waals surface area contributed by atoms with E-state index < -0.39 is 0 Å². The third kappa shape index (κ3) is 1.83. The number of fused-ring (bicyclic) bond motifs is 10. The van der Waals surface area contributed by atoms with Crippen molar-refractivity contribution in [3.05, 3.63) is 0 Å². The largest absolute Gasteiger partial charge is 0.348 e. The summed E-state index contributed by atoms with van der Waals surface area (Å²) < 4.78 is 19.6. The normalized spacial score (nSPS) is 61.6. The molecule has 4 aliphatic carbocycles. The Morgan fingerprint density at radius 1 is 0.667 bits per heavy atom. The summed E-state index contributed by atoms with van der Waals surface area (Å²) in [7, 11) is 0. The highest BCUT2D eigenvalue weighted by Gasteiger charge is 2.71.